The predicted molar refractivity (Wildman–Crippen MR) is 122 cm³/mol. The number of ether oxygens (including phenoxy) is 1. The van der Waals surface area contributed by atoms with Crippen LogP contribution in [0.4, 0.5) is 4.79 Å². The molecule has 6 heteroatoms. The fraction of sp³-hybridized carbons (Fsp3) is 0.708. The topological polar surface area (TPSA) is 62.2 Å². The van der Waals surface area contributed by atoms with Crippen LogP contribution in [0.15, 0.2) is 29.3 Å². The number of amides is 1. The molecule has 1 atom stereocenters. The fourth-order valence-electron chi connectivity index (χ4n) is 3.92. The summed E-state index contributed by atoms with van der Waals surface area (Å²) in [6.45, 7) is 14.7. The molecule has 1 amide bonds. The maximum Gasteiger partial charge on any atom is 0.417 e. The SMILES string of the molecule is C=CCN=C1N(CCC2=CCCCC2)CC(=O)C(CC(C)C)N1C(=O)OC(C)(C)C. The number of allylic oxidation sites excluding steroid dienone is 1. The molecule has 1 heterocycles. The van der Waals surface area contributed by atoms with Crippen molar-refractivity contribution in [3.05, 3.63) is 24.3 Å². The Morgan fingerprint density at radius 3 is 2.67 bits per heavy atom. The second-order valence-corrected chi connectivity index (χ2v) is 9.67. The number of carbonyl (C=O) groups is 2. The van der Waals surface area contributed by atoms with Crippen molar-refractivity contribution in [2.45, 2.75) is 84.8 Å². The lowest BCUT2D eigenvalue weighted by atomic mass is 9.95. The first-order valence-corrected chi connectivity index (χ1v) is 11.3. The standard InChI is InChI=1S/C24H39N3O3/c1-7-14-25-22-26(15-13-19-11-9-8-10-12-19)17-21(28)20(16-18(2)3)27(22)23(29)30-24(4,5)6/h7,11,18,20H,1,8-10,12-17H2,2-6H3. The zero-order valence-corrected chi connectivity index (χ0v) is 19.4. The fourth-order valence-corrected chi connectivity index (χ4v) is 3.92. The first-order chi connectivity index (χ1) is 14.1. The van der Waals surface area contributed by atoms with Crippen LogP contribution in [0.2, 0.25) is 0 Å². The van der Waals surface area contributed by atoms with Gasteiger partial charge in [-0.1, -0.05) is 31.6 Å². The lowest BCUT2D eigenvalue weighted by Gasteiger charge is -2.43. The average molecular weight is 418 g/mol. The zero-order valence-electron chi connectivity index (χ0n) is 19.4. The van der Waals surface area contributed by atoms with E-state index >= 15 is 0 Å². The Kier molecular flexibility index (Phi) is 8.68. The number of carbonyl (C=O) groups excluding carboxylic acids is 2. The Bertz CT molecular complexity index is 688. The molecule has 0 bridgehead atoms. The van der Waals surface area contributed by atoms with E-state index in [0.717, 1.165) is 19.3 Å². The van der Waals surface area contributed by atoms with Crippen LogP contribution in [-0.4, -0.2) is 58.9 Å². The Labute approximate surface area is 182 Å². The van der Waals surface area contributed by atoms with Crippen molar-refractivity contribution in [1.29, 1.82) is 0 Å². The van der Waals surface area contributed by atoms with Gasteiger partial charge in [-0.2, -0.15) is 0 Å². The molecule has 2 rings (SSSR count). The van der Waals surface area contributed by atoms with Gasteiger partial charge in [-0.15, -0.1) is 6.58 Å². The quantitative estimate of drug-likeness (QED) is 0.550. The van der Waals surface area contributed by atoms with Crippen molar-refractivity contribution in [3.8, 4) is 0 Å². The lowest BCUT2D eigenvalue weighted by molar-refractivity contribution is -0.126. The van der Waals surface area contributed by atoms with Gasteiger partial charge in [0.15, 0.2) is 5.78 Å². The first kappa shape index (κ1) is 24.2. The molecule has 0 spiro atoms. The van der Waals surface area contributed by atoms with Crippen molar-refractivity contribution in [2.75, 3.05) is 19.6 Å². The molecule has 0 aromatic rings. The summed E-state index contributed by atoms with van der Waals surface area (Å²) < 4.78 is 5.68. The van der Waals surface area contributed by atoms with Gasteiger partial charge < -0.3 is 9.64 Å². The van der Waals surface area contributed by atoms with Gasteiger partial charge in [0.05, 0.1) is 13.1 Å². The predicted octanol–water partition coefficient (Wildman–Crippen LogP) is 4.96. The highest BCUT2D eigenvalue weighted by Gasteiger charge is 2.43. The van der Waals surface area contributed by atoms with Crippen LogP contribution in [0.5, 0.6) is 0 Å². The van der Waals surface area contributed by atoms with Crippen LogP contribution in [0.25, 0.3) is 0 Å². The zero-order chi connectivity index (χ0) is 22.3. The normalized spacial score (nSPS) is 21.8. The molecule has 0 aromatic carbocycles. The third kappa shape index (κ3) is 6.99. The minimum absolute atomic E-state index is 0.0461. The van der Waals surface area contributed by atoms with Crippen LogP contribution in [0.1, 0.15) is 73.1 Å². The number of hydrogen-bond donors (Lipinski definition) is 0. The van der Waals surface area contributed by atoms with Crippen molar-refractivity contribution >= 4 is 17.8 Å². The molecule has 0 radical (unpaired) electrons. The van der Waals surface area contributed by atoms with Gasteiger partial charge in [-0.25, -0.2) is 14.7 Å². The van der Waals surface area contributed by atoms with Gasteiger partial charge in [0, 0.05) is 6.54 Å². The number of hydrogen-bond acceptors (Lipinski definition) is 4. The van der Waals surface area contributed by atoms with Crippen LogP contribution >= 0.6 is 0 Å². The third-order valence-corrected chi connectivity index (χ3v) is 5.26. The second-order valence-electron chi connectivity index (χ2n) is 9.67. The number of guanidine groups is 1. The minimum Gasteiger partial charge on any atom is -0.443 e. The largest absolute Gasteiger partial charge is 0.443 e. The summed E-state index contributed by atoms with van der Waals surface area (Å²) in [5.74, 6) is 0.846. The maximum absolute atomic E-state index is 13.2. The summed E-state index contributed by atoms with van der Waals surface area (Å²) >= 11 is 0. The van der Waals surface area contributed by atoms with Gasteiger partial charge >= 0.3 is 6.09 Å². The molecule has 2 aliphatic rings. The average Bonchev–Trinajstić information content (AvgIpc) is 2.65. The molecule has 6 nitrogen and oxygen atoms in total. The van der Waals surface area contributed by atoms with E-state index in [1.165, 1.54) is 23.3 Å². The summed E-state index contributed by atoms with van der Waals surface area (Å²) in [7, 11) is 0. The van der Waals surface area contributed by atoms with E-state index in [-0.39, 0.29) is 18.2 Å². The molecule has 1 saturated heterocycles. The van der Waals surface area contributed by atoms with Gasteiger partial charge in [-0.05, 0) is 65.2 Å². The van der Waals surface area contributed by atoms with Gasteiger partial charge in [-0.3, -0.25) is 4.79 Å². The van der Waals surface area contributed by atoms with E-state index in [9.17, 15) is 9.59 Å². The summed E-state index contributed by atoms with van der Waals surface area (Å²) in [5.41, 5.74) is 0.784. The summed E-state index contributed by atoms with van der Waals surface area (Å²) in [5, 5.41) is 0. The van der Waals surface area contributed by atoms with E-state index < -0.39 is 17.7 Å². The number of aliphatic imine (C=N–C) groups is 1. The van der Waals surface area contributed by atoms with Crippen molar-refractivity contribution < 1.29 is 14.3 Å². The second kappa shape index (κ2) is 10.8. The number of nitrogens with zero attached hydrogens (tertiary/aromatic N) is 3. The Balaban J connectivity index is 2.33. The van der Waals surface area contributed by atoms with Gasteiger partial charge in [0.2, 0.25) is 5.96 Å². The lowest BCUT2D eigenvalue weighted by Crippen LogP contribution is -2.63. The molecule has 1 aliphatic heterocycles. The number of Topliss-reactive ketones (excluding diaryl/α,β-unsaturated/α-hetero) is 1. The highest BCUT2D eigenvalue weighted by Crippen LogP contribution is 2.25. The van der Waals surface area contributed by atoms with Crippen LogP contribution < -0.4 is 0 Å². The molecule has 1 unspecified atom stereocenters. The van der Waals surface area contributed by atoms with Gasteiger partial charge in [0.25, 0.3) is 0 Å². The van der Waals surface area contributed by atoms with Crippen LogP contribution in [0.3, 0.4) is 0 Å². The Morgan fingerprint density at radius 1 is 1.37 bits per heavy atom. The number of rotatable bonds is 7. The molecule has 0 saturated carbocycles. The summed E-state index contributed by atoms with van der Waals surface area (Å²) in [4.78, 5) is 34.4. The van der Waals surface area contributed by atoms with E-state index in [2.05, 4.69) is 31.5 Å². The van der Waals surface area contributed by atoms with Crippen molar-refractivity contribution in [1.82, 2.24) is 9.80 Å². The van der Waals surface area contributed by atoms with E-state index in [1.54, 1.807) is 6.08 Å². The Hall–Kier alpha value is -2.11. The molecular formula is C24H39N3O3. The first-order valence-electron chi connectivity index (χ1n) is 11.3. The van der Waals surface area contributed by atoms with E-state index in [4.69, 9.17) is 4.74 Å². The summed E-state index contributed by atoms with van der Waals surface area (Å²) in [6.07, 6.45) is 9.72. The monoisotopic (exact) mass is 417 g/mol. The van der Waals surface area contributed by atoms with Crippen molar-refractivity contribution in [3.63, 3.8) is 0 Å². The molecule has 0 aromatic heterocycles. The molecule has 0 N–H and O–H groups in total. The van der Waals surface area contributed by atoms with E-state index in [1.807, 2.05) is 25.7 Å². The third-order valence-electron chi connectivity index (χ3n) is 5.26. The highest BCUT2D eigenvalue weighted by molar-refractivity contribution is 6.05. The Morgan fingerprint density at radius 2 is 2.10 bits per heavy atom. The van der Waals surface area contributed by atoms with Crippen LogP contribution in [0, 0.1) is 5.92 Å². The highest BCUT2D eigenvalue weighted by atomic mass is 16.6. The maximum atomic E-state index is 13.2. The van der Waals surface area contributed by atoms with Crippen molar-refractivity contribution in [2.24, 2.45) is 10.9 Å². The molecule has 168 valence electrons. The molecular weight excluding hydrogens is 378 g/mol. The minimum atomic E-state index is -0.652. The number of ketones is 1. The molecule has 1 fully saturated rings. The van der Waals surface area contributed by atoms with Gasteiger partial charge in [0.1, 0.15) is 11.6 Å². The molecule has 30 heavy (non-hydrogen) atoms. The molecule has 1 aliphatic carbocycles. The van der Waals surface area contributed by atoms with Crippen LogP contribution in [-0.2, 0) is 9.53 Å². The van der Waals surface area contributed by atoms with E-state index in [0.29, 0.717) is 25.5 Å². The smallest absolute Gasteiger partial charge is 0.417 e. The summed E-state index contributed by atoms with van der Waals surface area (Å²) in [6, 6.07) is -0.548.